The molecule has 0 saturated heterocycles. The average molecular weight is 266 g/mol. The predicted octanol–water partition coefficient (Wildman–Crippen LogP) is 2.90. The first-order valence-electron chi connectivity index (χ1n) is 6.47. The molecule has 0 aromatic heterocycles. The van der Waals surface area contributed by atoms with Crippen LogP contribution >= 0.6 is 0 Å². The highest BCUT2D eigenvalue weighted by Gasteiger charge is 2.26. The van der Waals surface area contributed by atoms with Crippen molar-refractivity contribution in [1.82, 2.24) is 0 Å². The molecule has 1 atom stereocenters. The normalized spacial score (nSPS) is 14.4. The first-order valence-corrected chi connectivity index (χ1v) is 6.47. The van der Waals surface area contributed by atoms with E-state index in [1.807, 2.05) is 0 Å². The minimum atomic E-state index is -0.420. The molecule has 1 aromatic rings. The summed E-state index contributed by atoms with van der Waals surface area (Å²) in [5.74, 6) is 0.947. The topological polar surface area (TPSA) is 87.6 Å². The maximum absolute atomic E-state index is 11.1. The number of fused-ring (bicyclic) bond motifs is 1. The Hall–Kier alpha value is -1.82. The summed E-state index contributed by atoms with van der Waals surface area (Å²) in [6.07, 6.45) is 3.86. The minimum absolute atomic E-state index is 0.00764. The van der Waals surface area contributed by atoms with Crippen LogP contribution in [0.1, 0.15) is 44.2 Å². The highest BCUT2D eigenvalue weighted by Crippen LogP contribution is 2.40. The van der Waals surface area contributed by atoms with Crippen molar-refractivity contribution in [2.24, 2.45) is 5.73 Å². The van der Waals surface area contributed by atoms with E-state index in [2.05, 4.69) is 6.92 Å². The molecule has 0 radical (unpaired) electrons. The third-order valence-corrected chi connectivity index (χ3v) is 3.24. The van der Waals surface area contributed by atoms with Gasteiger partial charge in [0.1, 0.15) is 0 Å². The Bertz CT molecular complexity index is 476. The highest BCUT2D eigenvalue weighted by atomic mass is 16.7. The number of ether oxygens (including phenoxy) is 2. The van der Waals surface area contributed by atoms with Crippen LogP contribution in [0.25, 0.3) is 0 Å². The standard InChI is InChI=1S/C13H18N2O4/c1-2-3-4-5-10(14)9-6-12-13(19-8-18-12)7-11(9)15(16)17/h6-7,10H,2-5,8,14H2,1H3/t10-/m0/s1. The monoisotopic (exact) mass is 266 g/mol. The van der Waals surface area contributed by atoms with Gasteiger partial charge in [0.25, 0.3) is 5.69 Å². The van der Waals surface area contributed by atoms with Gasteiger partial charge in [0.2, 0.25) is 6.79 Å². The van der Waals surface area contributed by atoms with Crippen LogP contribution in [0.5, 0.6) is 11.5 Å². The van der Waals surface area contributed by atoms with Crippen LogP contribution in [0, 0.1) is 10.1 Å². The largest absolute Gasteiger partial charge is 0.454 e. The van der Waals surface area contributed by atoms with Crippen molar-refractivity contribution in [2.75, 3.05) is 6.79 Å². The Balaban J connectivity index is 2.24. The van der Waals surface area contributed by atoms with Gasteiger partial charge in [0.05, 0.1) is 16.6 Å². The average Bonchev–Trinajstić information content (AvgIpc) is 2.84. The van der Waals surface area contributed by atoms with E-state index in [0.717, 1.165) is 25.7 Å². The van der Waals surface area contributed by atoms with Crippen LogP contribution in [0.2, 0.25) is 0 Å². The molecule has 1 aliphatic rings. The molecule has 0 unspecified atom stereocenters. The highest BCUT2D eigenvalue weighted by molar-refractivity contribution is 5.56. The lowest BCUT2D eigenvalue weighted by Gasteiger charge is -2.12. The van der Waals surface area contributed by atoms with E-state index < -0.39 is 4.92 Å². The number of unbranched alkanes of at least 4 members (excludes halogenated alkanes) is 2. The number of nitro benzene ring substituents is 1. The second-order valence-electron chi connectivity index (χ2n) is 4.62. The van der Waals surface area contributed by atoms with Crippen molar-refractivity contribution < 1.29 is 14.4 Å². The molecule has 0 fully saturated rings. The third kappa shape index (κ3) is 2.96. The fraction of sp³-hybridized carbons (Fsp3) is 0.538. The van der Waals surface area contributed by atoms with E-state index in [1.165, 1.54) is 6.07 Å². The molecular formula is C13H18N2O4. The molecule has 6 nitrogen and oxygen atoms in total. The van der Waals surface area contributed by atoms with Gasteiger partial charge < -0.3 is 15.2 Å². The lowest BCUT2D eigenvalue weighted by Crippen LogP contribution is -2.12. The third-order valence-electron chi connectivity index (χ3n) is 3.24. The van der Waals surface area contributed by atoms with Crippen LogP contribution in [0.4, 0.5) is 5.69 Å². The number of nitro groups is 1. The van der Waals surface area contributed by atoms with Crippen LogP contribution in [0.15, 0.2) is 12.1 Å². The molecule has 2 rings (SSSR count). The maximum Gasteiger partial charge on any atom is 0.278 e. The van der Waals surface area contributed by atoms with Crippen molar-refractivity contribution in [2.45, 2.75) is 38.6 Å². The summed E-state index contributed by atoms with van der Waals surface area (Å²) in [5, 5.41) is 11.1. The lowest BCUT2D eigenvalue weighted by atomic mass is 9.99. The number of rotatable bonds is 6. The Labute approximate surface area is 111 Å². The molecule has 104 valence electrons. The SMILES string of the molecule is CCCCC[C@H](N)c1cc2c(cc1[N+](=O)[O-])OCO2. The molecule has 1 aromatic carbocycles. The first-order chi connectivity index (χ1) is 9.13. The van der Waals surface area contributed by atoms with Crippen LogP contribution in [-0.2, 0) is 0 Å². The zero-order valence-corrected chi connectivity index (χ0v) is 10.9. The molecule has 0 saturated carbocycles. The number of nitrogens with two attached hydrogens (primary N) is 1. The molecule has 6 heteroatoms. The van der Waals surface area contributed by atoms with E-state index in [1.54, 1.807) is 6.07 Å². The van der Waals surface area contributed by atoms with E-state index in [0.29, 0.717) is 17.1 Å². The van der Waals surface area contributed by atoms with E-state index in [9.17, 15) is 10.1 Å². The summed E-state index contributed by atoms with van der Waals surface area (Å²) >= 11 is 0. The van der Waals surface area contributed by atoms with Crippen LogP contribution in [0.3, 0.4) is 0 Å². The Morgan fingerprint density at radius 1 is 1.37 bits per heavy atom. The van der Waals surface area contributed by atoms with Crippen molar-refractivity contribution in [3.63, 3.8) is 0 Å². The van der Waals surface area contributed by atoms with E-state index in [-0.39, 0.29) is 18.5 Å². The molecule has 0 bridgehead atoms. The van der Waals surface area contributed by atoms with Gasteiger partial charge in [0.15, 0.2) is 11.5 Å². The van der Waals surface area contributed by atoms with Gasteiger partial charge in [0, 0.05) is 6.04 Å². The van der Waals surface area contributed by atoms with Gasteiger partial charge in [-0.25, -0.2) is 0 Å². The molecule has 19 heavy (non-hydrogen) atoms. The van der Waals surface area contributed by atoms with Crippen LogP contribution < -0.4 is 15.2 Å². The van der Waals surface area contributed by atoms with Crippen molar-refractivity contribution in [3.8, 4) is 11.5 Å². The molecule has 0 aliphatic carbocycles. The first kappa shape index (κ1) is 13.6. The Kier molecular flexibility index (Phi) is 4.21. The minimum Gasteiger partial charge on any atom is -0.454 e. The van der Waals surface area contributed by atoms with Crippen LogP contribution in [-0.4, -0.2) is 11.7 Å². The maximum atomic E-state index is 11.1. The lowest BCUT2D eigenvalue weighted by molar-refractivity contribution is -0.385. The smallest absolute Gasteiger partial charge is 0.278 e. The zero-order valence-electron chi connectivity index (χ0n) is 10.9. The zero-order chi connectivity index (χ0) is 13.8. The molecular weight excluding hydrogens is 248 g/mol. The fourth-order valence-electron chi connectivity index (χ4n) is 2.17. The summed E-state index contributed by atoms with van der Waals surface area (Å²) in [7, 11) is 0. The summed E-state index contributed by atoms with van der Waals surface area (Å²) in [4.78, 5) is 10.7. The quantitative estimate of drug-likeness (QED) is 0.486. The van der Waals surface area contributed by atoms with Crippen molar-refractivity contribution in [1.29, 1.82) is 0 Å². The molecule has 1 heterocycles. The molecule has 1 aliphatic heterocycles. The summed E-state index contributed by atoms with van der Waals surface area (Å²) in [5.41, 5.74) is 6.59. The Morgan fingerprint density at radius 3 is 2.68 bits per heavy atom. The van der Waals surface area contributed by atoms with E-state index >= 15 is 0 Å². The van der Waals surface area contributed by atoms with Crippen molar-refractivity contribution >= 4 is 5.69 Å². The van der Waals surface area contributed by atoms with Gasteiger partial charge in [-0.2, -0.15) is 0 Å². The summed E-state index contributed by atoms with van der Waals surface area (Å²) < 4.78 is 10.4. The number of hydrogen-bond acceptors (Lipinski definition) is 5. The van der Waals surface area contributed by atoms with Gasteiger partial charge in [-0.3, -0.25) is 10.1 Å². The fourth-order valence-corrected chi connectivity index (χ4v) is 2.17. The Morgan fingerprint density at radius 2 is 2.05 bits per heavy atom. The van der Waals surface area contributed by atoms with Gasteiger partial charge in [-0.05, 0) is 12.5 Å². The van der Waals surface area contributed by atoms with Gasteiger partial charge in [-0.1, -0.05) is 26.2 Å². The number of benzene rings is 1. The summed E-state index contributed by atoms with van der Waals surface area (Å²) in [6.45, 7) is 2.20. The summed E-state index contributed by atoms with van der Waals surface area (Å²) in [6, 6.07) is 2.69. The van der Waals surface area contributed by atoms with Crippen molar-refractivity contribution in [3.05, 3.63) is 27.8 Å². The molecule has 0 spiro atoms. The van der Waals surface area contributed by atoms with E-state index in [4.69, 9.17) is 15.2 Å². The van der Waals surface area contributed by atoms with Gasteiger partial charge in [-0.15, -0.1) is 0 Å². The predicted molar refractivity (Wildman–Crippen MR) is 70.3 cm³/mol. The molecule has 0 amide bonds. The number of hydrogen-bond donors (Lipinski definition) is 1. The molecule has 2 N–H and O–H groups in total. The second kappa shape index (κ2) is 5.88. The van der Waals surface area contributed by atoms with Gasteiger partial charge >= 0.3 is 0 Å². The second-order valence-corrected chi connectivity index (χ2v) is 4.62. The number of nitrogens with zero attached hydrogens (tertiary/aromatic N) is 1.